The van der Waals surface area contributed by atoms with Gasteiger partial charge >= 0.3 is 0 Å². The fraction of sp³-hybridized carbons (Fsp3) is 0.294. The normalized spacial score (nSPS) is 14.3. The zero-order valence-corrected chi connectivity index (χ0v) is 12.3. The number of hydrogen-bond acceptors (Lipinski definition) is 2. The molecule has 0 atom stereocenters. The predicted molar refractivity (Wildman–Crippen MR) is 83.3 cm³/mol. The maximum absolute atomic E-state index is 6.41. The first kappa shape index (κ1) is 13.5. The third-order valence-electron chi connectivity index (χ3n) is 3.61. The van der Waals surface area contributed by atoms with E-state index >= 15 is 0 Å². The van der Waals surface area contributed by atoms with Crippen LogP contribution >= 0.6 is 11.6 Å². The predicted octanol–water partition coefficient (Wildman–Crippen LogP) is 4.27. The van der Waals surface area contributed by atoms with E-state index < -0.39 is 0 Å². The molecule has 0 radical (unpaired) electrons. The van der Waals surface area contributed by atoms with Gasteiger partial charge in [0.05, 0.1) is 7.11 Å². The third kappa shape index (κ3) is 3.14. The lowest BCUT2D eigenvalue weighted by atomic mass is 10.0. The first-order valence-electron chi connectivity index (χ1n) is 6.92. The molecule has 2 aromatic carbocycles. The average molecular weight is 288 g/mol. The van der Waals surface area contributed by atoms with Crippen molar-refractivity contribution < 1.29 is 4.74 Å². The zero-order valence-electron chi connectivity index (χ0n) is 11.5. The molecule has 0 aliphatic heterocycles. The summed E-state index contributed by atoms with van der Waals surface area (Å²) in [6, 6.07) is 15.0. The molecule has 0 unspecified atom stereocenters. The van der Waals surface area contributed by atoms with E-state index in [2.05, 4.69) is 23.5 Å². The van der Waals surface area contributed by atoms with Crippen LogP contribution < -0.4 is 10.1 Å². The minimum atomic E-state index is 0.718. The Balaban J connectivity index is 1.77. The zero-order chi connectivity index (χ0) is 13.9. The van der Waals surface area contributed by atoms with Crippen molar-refractivity contribution >= 4 is 11.6 Å². The fourth-order valence-electron chi connectivity index (χ4n) is 2.22. The first-order chi connectivity index (χ1) is 9.76. The van der Waals surface area contributed by atoms with Crippen LogP contribution in [0.5, 0.6) is 5.75 Å². The van der Waals surface area contributed by atoms with E-state index in [0.29, 0.717) is 0 Å². The summed E-state index contributed by atoms with van der Waals surface area (Å²) in [7, 11) is 1.67. The molecule has 1 N–H and O–H groups in total. The molecular weight excluding hydrogens is 270 g/mol. The molecule has 2 aromatic rings. The first-order valence-corrected chi connectivity index (χ1v) is 7.30. The summed E-state index contributed by atoms with van der Waals surface area (Å²) in [5, 5.41) is 4.30. The van der Waals surface area contributed by atoms with Crippen LogP contribution in [0.3, 0.4) is 0 Å². The molecule has 1 saturated carbocycles. The largest absolute Gasteiger partial charge is 0.497 e. The molecule has 0 aromatic heterocycles. The lowest BCUT2D eigenvalue weighted by molar-refractivity contribution is 0.415. The Hall–Kier alpha value is -1.51. The SMILES string of the molecule is COc1ccc(-c2ccc(CNC3CC3)cc2Cl)cc1. The standard InChI is InChI=1S/C17H18ClNO/c1-20-15-7-3-13(4-8-15)16-9-2-12(10-17(16)18)11-19-14-5-6-14/h2-4,7-10,14,19H,5-6,11H2,1H3. The smallest absolute Gasteiger partial charge is 0.118 e. The van der Waals surface area contributed by atoms with Gasteiger partial charge in [0.2, 0.25) is 0 Å². The Morgan fingerprint density at radius 1 is 1.15 bits per heavy atom. The van der Waals surface area contributed by atoms with Crippen LogP contribution in [-0.4, -0.2) is 13.2 Å². The quantitative estimate of drug-likeness (QED) is 0.887. The second-order valence-electron chi connectivity index (χ2n) is 5.20. The Labute approximate surface area is 124 Å². The highest BCUT2D eigenvalue weighted by atomic mass is 35.5. The van der Waals surface area contributed by atoms with Gasteiger partial charge in [-0.2, -0.15) is 0 Å². The Bertz CT molecular complexity index is 590. The molecule has 1 aliphatic carbocycles. The highest BCUT2D eigenvalue weighted by Gasteiger charge is 2.20. The van der Waals surface area contributed by atoms with Gasteiger partial charge in [-0.05, 0) is 42.2 Å². The topological polar surface area (TPSA) is 21.3 Å². The van der Waals surface area contributed by atoms with Crippen molar-refractivity contribution in [3.63, 3.8) is 0 Å². The van der Waals surface area contributed by atoms with Gasteiger partial charge in [-0.25, -0.2) is 0 Å². The van der Waals surface area contributed by atoms with Crippen molar-refractivity contribution in [1.29, 1.82) is 0 Å². The molecular formula is C17H18ClNO. The van der Waals surface area contributed by atoms with Gasteiger partial charge < -0.3 is 10.1 Å². The maximum Gasteiger partial charge on any atom is 0.118 e. The highest BCUT2D eigenvalue weighted by Crippen LogP contribution is 2.30. The molecule has 3 rings (SSSR count). The number of hydrogen-bond donors (Lipinski definition) is 1. The molecule has 0 saturated heterocycles. The van der Waals surface area contributed by atoms with Gasteiger partial charge in [0.25, 0.3) is 0 Å². The summed E-state index contributed by atoms with van der Waals surface area (Å²) < 4.78 is 5.17. The molecule has 3 heteroatoms. The van der Waals surface area contributed by atoms with E-state index in [1.807, 2.05) is 24.3 Å². The van der Waals surface area contributed by atoms with Gasteiger partial charge in [-0.1, -0.05) is 35.9 Å². The number of halogens is 1. The third-order valence-corrected chi connectivity index (χ3v) is 3.92. The molecule has 0 spiro atoms. The molecule has 104 valence electrons. The number of nitrogens with one attached hydrogen (secondary N) is 1. The van der Waals surface area contributed by atoms with Crippen molar-refractivity contribution in [3.05, 3.63) is 53.1 Å². The minimum absolute atomic E-state index is 0.718. The van der Waals surface area contributed by atoms with Crippen molar-refractivity contribution in [2.45, 2.75) is 25.4 Å². The van der Waals surface area contributed by atoms with Gasteiger partial charge in [-0.3, -0.25) is 0 Å². The number of rotatable bonds is 5. The molecule has 20 heavy (non-hydrogen) atoms. The minimum Gasteiger partial charge on any atom is -0.497 e. The molecule has 0 bridgehead atoms. The highest BCUT2D eigenvalue weighted by molar-refractivity contribution is 6.33. The van der Waals surface area contributed by atoms with Gasteiger partial charge in [0, 0.05) is 23.2 Å². The van der Waals surface area contributed by atoms with E-state index in [1.54, 1.807) is 7.11 Å². The summed E-state index contributed by atoms with van der Waals surface area (Å²) in [5.41, 5.74) is 3.40. The summed E-state index contributed by atoms with van der Waals surface area (Å²) in [6.45, 7) is 0.896. The van der Waals surface area contributed by atoms with Crippen LogP contribution in [0.2, 0.25) is 5.02 Å². The second-order valence-corrected chi connectivity index (χ2v) is 5.61. The number of benzene rings is 2. The molecule has 0 amide bonds. The van der Waals surface area contributed by atoms with E-state index in [9.17, 15) is 0 Å². The average Bonchev–Trinajstić information content (AvgIpc) is 3.30. The lowest BCUT2D eigenvalue weighted by Gasteiger charge is -2.09. The summed E-state index contributed by atoms with van der Waals surface area (Å²) in [6.07, 6.45) is 2.61. The van der Waals surface area contributed by atoms with Crippen molar-refractivity contribution in [2.24, 2.45) is 0 Å². The fourth-order valence-corrected chi connectivity index (χ4v) is 2.54. The van der Waals surface area contributed by atoms with Crippen LogP contribution in [0.4, 0.5) is 0 Å². The Morgan fingerprint density at radius 3 is 2.50 bits per heavy atom. The van der Waals surface area contributed by atoms with E-state index in [4.69, 9.17) is 16.3 Å². The van der Waals surface area contributed by atoms with Gasteiger partial charge in [-0.15, -0.1) is 0 Å². The number of ether oxygens (including phenoxy) is 1. The van der Waals surface area contributed by atoms with Crippen LogP contribution in [-0.2, 0) is 6.54 Å². The number of methoxy groups -OCH3 is 1. The maximum atomic E-state index is 6.41. The molecule has 1 aliphatic rings. The Morgan fingerprint density at radius 2 is 1.90 bits per heavy atom. The van der Waals surface area contributed by atoms with Crippen LogP contribution in [0.25, 0.3) is 11.1 Å². The monoisotopic (exact) mass is 287 g/mol. The van der Waals surface area contributed by atoms with Crippen molar-refractivity contribution in [2.75, 3.05) is 7.11 Å². The van der Waals surface area contributed by atoms with Gasteiger partial charge in [0.15, 0.2) is 0 Å². The summed E-state index contributed by atoms with van der Waals surface area (Å²) >= 11 is 6.41. The van der Waals surface area contributed by atoms with E-state index in [1.165, 1.54) is 18.4 Å². The molecule has 0 heterocycles. The van der Waals surface area contributed by atoms with Crippen molar-refractivity contribution in [1.82, 2.24) is 5.32 Å². The Kier molecular flexibility index (Phi) is 3.95. The second kappa shape index (κ2) is 5.86. The van der Waals surface area contributed by atoms with Crippen LogP contribution in [0.1, 0.15) is 18.4 Å². The van der Waals surface area contributed by atoms with Gasteiger partial charge in [0.1, 0.15) is 5.75 Å². The van der Waals surface area contributed by atoms with Crippen molar-refractivity contribution in [3.8, 4) is 16.9 Å². The molecule has 1 fully saturated rings. The summed E-state index contributed by atoms with van der Waals surface area (Å²) in [4.78, 5) is 0. The van der Waals surface area contributed by atoms with E-state index in [-0.39, 0.29) is 0 Å². The van der Waals surface area contributed by atoms with E-state index in [0.717, 1.165) is 34.5 Å². The van der Waals surface area contributed by atoms with Crippen LogP contribution in [0, 0.1) is 0 Å². The molecule has 2 nitrogen and oxygen atoms in total. The van der Waals surface area contributed by atoms with Crippen LogP contribution in [0.15, 0.2) is 42.5 Å². The summed E-state index contributed by atoms with van der Waals surface area (Å²) in [5.74, 6) is 0.857. The lowest BCUT2D eigenvalue weighted by Crippen LogP contribution is -2.15.